The molecule has 3 rings (SSSR count). The molecule has 8 nitrogen and oxygen atoms in total. The maximum Gasteiger partial charge on any atom is 0.316 e. The number of ether oxygens (including phenoxy) is 1. The topological polar surface area (TPSA) is 84.6 Å². The van der Waals surface area contributed by atoms with Gasteiger partial charge in [-0.05, 0) is 20.3 Å². The van der Waals surface area contributed by atoms with Gasteiger partial charge in [0.15, 0.2) is 0 Å². The van der Waals surface area contributed by atoms with Crippen molar-refractivity contribution in [2.24, 2.45) is 0 Å². The van der Waals surface area contributed by atoms with E-state index in [0.29, 0.717) is 29.6 Å². The molecule has 2 aromatic heterocycles. The highest BCUT2D eigenvalue weighted by Crippen LogP contribution is 2.17. The minimum atomic E-state index is 0.00545. The minimum Gasteiger partial charge on any atom is -0.467 e. The van der Waals surface area contributed by atoms with Gasteiger partial charge in [0.1, 0.15) is 11.3 Å². The Bertz CT molecular complexity index is 709. The van der Waals surface area contributed by atoms with Gasteiger partial charge in [0, 0.05) is 50.7 Å². The van der Waals surface area contributed by atoms with E-state index in [1.807, 2.05) is 4.90 Å². The lowest BCUT2D eigenvalue weighted by Crippen LogP contribution is -2.35. The highest BCUT2D eigenvalue weighted by atomic mass is 16.5. The van der Waals surface area contributed by atoms with Gasteiger partial charge in [0.25, 0.3) is 5.91 Å². The number of carbonyl (C=O) groups excluding carboxylic acids is 1. The molecule has 0 aliphatic carbocycles. The first-order chi connectivity index (χ1) is 12.1. The molecule has 25 heavy (non-hydrogen) atoms. The molecule has 0 unspecified atom stereocenters. The molecule has 1 aliphatic rings. The van der Waals surface area contributed by atoms with Crippen LogP contribution < -0.4 is 4.74 Å². The molecule has 0 spiro atoms. The van der Waals surface area contributed by atoms with Crippen LogP contribution in [0, 0.1) is 13.8 Å². The summed E-state index contributed by atoms with van der Waals surface area (Å²) in [5.74, 6) is 0.588. The van der Waals surface area contributed by atoms with Crippen molar-refractivity contribution in [1.29, 1.82) is 0 Å². The van der Waals surface area contributed by atoms with Crippen LogP contribution in [0.15, 0.2) is 16.9 Å². The molecule has 0 aromatic carbocycles. The Balaban J connectivity index is 1.61. The fourth-order valence-electron chi connectivity index (χ4n) is 3.07. The number of hydrogen-bond acceptors (Lipinski definition) is 7. The molecule has 8 heteroatoms. The predicted octanol–water partition coefficient (Wildman–Crippen LogP) is 1.44. The van der Waals surface area contributed by atoms with E-state index >= 15 is 0 Å². The van der Waals surface area contributed by atoms with E-state index in [1.54, 1.807) is 33.4 Å². The summed E-state index contributed by atoms with van der Waals surface area (Å²) in [7, 11) is 1.55. The Morgan fingerprint density at radius 1 is 1.20 bits per heavy atom. The van der Waals surface area contributed by atoms with Gasteiger partial charge in [-0.3, -0.25) is 9.69 Å². The molecule has 0 saturated carbocycles. The van der Waals surface area contributed by atoms with Crippen LogP contribution in [0.4, 0.5) is 0 Å². The number of methoxy groups -OCH3 is 1. The summed E-state index contributed by atoms with van der Waals surface area (Å²) in [6.45, 7) is 7.49. The van der Waals surface area contributed by atoms with Crippen LogP contribution in [-0.4, -0.2) is 64.1 Å². The molecule has 0 atom stereocenters. The van der Waals surface area contributed by atoms with Crippen LogP contribution in [0.5, 0.6) is 6.01 Å². The van der Waals surface area contributed by atoms with Crippen LogP contribution >= 0.6 is 0 Å². The Kier molecular flexibility index (Phi) is 5.28. The first kappa shape index (κ1) is 17.3. The maximum atomic E-state index is 12.8. The molecular weight excluding hydrogens is 322 g/mol. The van der Waals surface area contributed by atoms with Gasteiger partial charge < -0.3 is 14.2 Å². The highest BCUT2D eigenvalue weighted by molar-refractivity contribution is 5.96. The Morgan fingerprint density at radius 2 is 1.96 bits per heavy atom. The number of hydrogen-bond donors (Lipinski definition) is 0. The van der Waals surface area contributed by atoms with E-state index in [0.717, 1.165) is 38.2 Å². The SMILES string of the molecule is COc1ncc(CN2CCCN(C(=O)c3c(C)noc3C)CC2)cn1. The first-order valence-corrected chi connectivity index (χ1v) is 8.38. The summed E-state index contributed by atoms with van der Waals surface area (Å²) >= 11 is 0. The predicted molar refractivity (Wildman–Crippen MR) is 90.4 cm³/mol. The van der Waals surface area contributed by atoms with Crippen molar-refractivity contribution < 1.29 is 14.1 Å². The number of nitrogens with zero attached hydrogens (tertiary/aromatic N) is 5. The molecule has 0 radical (unpaired) electrons. The van der Waals surface area contributed by atoms with Gasteiger partial charge in [-0.25, -0.2) is 9.97 Å². The van der Waals surface area contributed by atoms with Crippen LogP contribution in [0.25, 0.3) is 0 Å². The largest absolute Gasteiger partial charge is 0.467 e. The second-order valence-corrected chi connectivity index (χ2v) is 6.20. The standard InChI is InChI=1S/C17H23N5O3/c1-12-15(13(2)25-20-12)16(23)22-6-4-5-21(7-8-22)11-14-9-18-17(24-3)19-10-14/h9-10H,4-8,11H2,1-3H3. The zero-order chi connectivity index (χ0) is 17.8. The van der Waals surface area contributed by atoms with Gasteiger partial charge >= 0.3 is 6.01 Å². The molecule has 1 fully saturated rings. The van der Waals surface area contributed by atoms with Crippen molar-refractivity contribution in [3.63, 3.8) is 0 Å². The van der Waals surface area contributed by atoms with Gasteiger partial charge in [0.05, 0.1) is 12.8 Å². The number of carbonyl (C=O) groups is 1. The van der Waals surface area contributed by atoms with E-state index in [-0.39, 0.29) is 5.91 Å². The number of aromatic nitrogens is 3. The minimum absolute atomic E-state index is 0.00545. The summed E-state index contributed by atoms with van der Waals surface area (Å²) in [4.78, 5) is 25.2. The van der Waals surface area contributed by atoms with Crippen molar-refractivity contribution in [2.75, 3.05) is 33.3 Å². The zero-order valence-corrected chi connectivity index (χ0v) is 14.9. The lowest BCUT2D eigenvalue weighted by Gasteiger charge is -2.22. The fraction of sp³-hybridized carbons (Fsp3) is 0.529. The summed E-state index contributed by atoms with van der Waals surface area (Å²) < 4.78 is 10.1. The molecular formula is C17H23N5O3. The molecule has 1 saturated heterocycles. The van der Waals surface area contributed by atoms with Crippen molar-refractivity contribution in [1.82, 2.24) is 24.9 Å². The molecule has 134 valence electrons. The Hall–Kier alpha value is -2.48. The van der Waals surface area contributed by atoms with E-state index < -0.39 is 0 Å². The first-order valence-electron chi connectivity index (χ1n) is 8.38. The van der Waals surface area contributed by atoms with Crippen LogP contribution in [-0.2, 0) is 6.54 Å². The average molecular weight is 345 g/mol. The Labute approximate surface area is 146 Å². The van der Waals surface area contributed by atoms with E-state index in [1.165, 1.54) is 0 Å². The third-order valence-electron chi connectivity index (χ3n) is 4.39. The van der Waals surface area contributed by atoms with Crippen molar-refractivity contribution in [2.45, 2.75) is 26.8 Å². The van der Waals surface area contributed by atoms with Crippen LogP contribution in [0.2, 0.25) is 0 Å². The molecule has 1 aliphatic heterocycles. The molecule has 2 aromatic rings. The summed E-state index contributed by atoms with van der Waals surface area (Å²) in [5, 5.41) is 3.88. The highest BCUT2D eigenvalue weighted by Gasteiger charge is 2.25. The number of amides is 1. The molecule has 0 bridgehead atoms. The van der Waals surface area contributed by atoms with Gasteiger partial charge in [-0.2, -0.15) is 0 Å². The van der Waals surface area contributed by atoms with E-state index in [4.69, 9.17) is 9.26 Å². The van der Waals surface area contributed by atoms with Gasteiger partial charge in [0.2, 0.25) is 0 Å². The fourth-order valence-corrected chi connectivity index (χ4v) is 3.07. The third-order valence-corrected chi connectivity index (χ3v) is 4.39. The quantitative estimate of drug-likeness (QED) is 0.829. The van der Waals surface area contributed by atoms with Gasteiger partial charge in [-0.15, -0.1) is 0 Å². The van der Waals surface area contributed by atoms with Crippen LogP contribution in [0.1, 0.15) is 33.8 Å². The second kappa shape index (κ2) is 7.60. The normalized spacial score (nSPS) is 15.9. The molecule has 1 amide bonds. The smallest absolute Gasteiger partial charge is 0.316 e. The lowest BCUT2D eigenvalue weighted by molar-refractivity contribution is 0.0758. The van der Waals surface area contributed by atoms with Crippen molar-refractivity contribution in [3.05, 3.63) is 35.0 Å². The Morgan fingerprint density at radius 3 is 2.60 bits per heavy atom. The number of aryl methyl sites for hydroxylation is 2. The lowest BCUT2D eigenvalue weighted by atomic mass is 10.1. The second-order valence-electron chi connectivity index (χ2n) is 6.20. The van der Waals surface area contributed by atoms with Crippen molar-refractivity contribution in [3.8, 4) is 6.01 Å². The number of rotatable bonds is 4. The molecule has 3 heterocycles. The summed E-state index contributed by atoms with van der Waals surface area (Å²) in [5.41, 5.74) is 2.28. The monoisotopic (exact) mass is 345 g/mol. The van der Waals surface area contributed by atoms with E-state index in [9.17, 15) is 4.79 Å². The summed E-state index contributed by atoms with van der Waals surface area (Å²) in [6.07, 6.45) is 4.49. The van der Waals surface area contributed by atoms with E-state index in [2.05, 4.69) is 20.0 Å². The zero-order valence-electron chi connectivity index (χ0n) is 14.9. The van der Waals surface area contributed by atoms with Crippen LogP contribution in [0.3, 0.4) is 0 Å². The molecule has 0 N–H and O–H groups in total. The van der Waals surface area contributed by atoms with Crippen molar-refractivity contribution >= 4 is 5.91 Å². The average Bonchev–Trinajstić information content (AvgIpc) is 2.82. The third kappa shape index (κ3) is 3.96. The van der Waals surface area contributed by atoms with Gasteiger partial charge in [-0.1, -0.05) is 5.16 Å². The maximum absolute atomic E-state index is 12.8. The summed E-state index contributed by atoms with van der Waals surface area (Å²) in [6, 6.07) is 0.371.